The van der Waals surface area contributed by atoms with E-state index in [1.807, 2.05) is 30.3 Å². The second-order valence-corrected chi connectivity index (χ2v) is 6.02. The van der Waals surface area contributed by atoms with Gasteiger partial charge in [0.15, 0.2) is 0 Å². The van der Waals surface area contributed by atoms with Crippen LogP contribution >= 0.6 is 0 Å². The van der Waals surface area contributed by atoms with Gasteiger partial charge in [-0.2, -0.15) is 0 Å². The average Bonchev–Trinajstić information content (AvgIpc) is 3.33. The maximum Gasteiger partial charge on any atom is 0.241 e. The molecule has 2 atom stereocenters. The van der Waals surface area contributed by atoms with E-state index in [4.69, 9.17) is 4.74 Å². The predicted molar refractivity (Wildman–Crippen MR) is 81.9 cm³/mol. The molecule has 4 nitrogen and oxygen atoms in total. The van der Waals surface area contributed by atoms with Crippen LogP contribution in [0.2, 0.25) is 0 Å². The van der Waals surface area contributed by atoms with Crippen LogP contribution in [0.15, 0.2) is 30.3 Å². The zero-order valence-corrected chi connectivity index (χ0v) is 12.4. The van der Waals surface area contributed by atoms with Gasteiger partial charge in [0.1, 0.15) is 6.04 Å². The van der Waals surface area contributed by atoms with E-state index < -0.39 is 0 Å². The summed E-state index contributed by atoms with van der Waals surface area (Å²) < 4.78 is 5.74. The van der Waals surface area contributed by atoms with Crippen molar-refractivity contribution in [1.29, 1.82) is 0 Å². The summed E-state index contributed by atoms with van der Waals surface area (Å²) in [6.07, 6.45) is 5.91. The first-order valence-corrected chi connectivity index (χ1v) is 8.03. The number of carbonyl (C=O) groups excluding carboxylic acids is 1. The lowest BCUT2D eigenvalue weighted by molar-refractivity contribution is -0.123. The Morgan fingerprint density at radius 1 is 1.19 bits per heavy atom. The van der Waals surface area contributed by atoms with Crippen LogP contribution in [0.25, 0.3) is 0 Å². The first-order chi connectivity index (χ1) is 10.3. The molecule has 0 aromatic heterocycles. The summed E-state index contributed by atoms with van der Waals surface area (Å²) in [7, 11) is 0. The van der Waals surface area contributed by atoms with Crippen molar-refractivity contribution in [2.45, 2.75) is 50.3 Å². The lowest BCUT2D eigenvalue weighted by atomic mass is 10.0. The molecule has 0 radical (unpaired) electrons. The zero-order valence-electron chi connectivity index (χ0n) is 12.4. The molecular formula is C17H24N2O2. The van der Waals surface area contributed by atoms with Crippen LogP contribution in [0.3, 0.4) is 0 Å². The van der Waals surface area contributed by atoms with Gasteiger partial charge in [-0.3, -0.25) is 10.1 Å². The van der Waals surface area contributed by atoms with Gasteiger partial charge in [0.2, 0.25) is 5.91 Å². The lowest BCUT2D eigenvalue weighted by Crippen LogP contribution is -2.42. The third-order valence-electron chi connectivity index (χ3n) is 4.14. The van der Waals surface area contributed by atoms with Crippen molar-refractivity contribution < 1.29 is 9.53 Å². The van der Waals surface area contributed by atoms with Crippen molar-refractivity contribution >= 4 is 5.91 Å². The molecule has 1 saturated heterocycles. The molecule has 2 unspecified atom stereocenters. The number of ether oxygens (including phenoxy) is 1. The van der Waals surface area contributed by atoms with Gasteiger partial charge in [0, 0.05) is 19.2 Å². The Balaban J connectivity index is 1.61. The van der Waals surface area contributed by atoms with Crippen molar-refractivity contribution in [3.8, 4) is 0 Å². The van der Waals surface area contributed by atoms with Crippen molar-refractivity contribution in [2.75, 3.05) is 13.2 Å². The second kappa shape index (κ2) is 7.05. The van der Waals surface area contributed by atoms with E-state index in [0.717, 1.165) is 44.4 Å². The van der Waals surface area contributed by atoms with E-state index in [-0.39, 0.29) is 18.1 Å². The van der Waals surface area contributed by atoms with Gasteiger partial charge < -0.3 is 10.1 Å². The maximum atomic E-state index is 12.5. The number of carbonyl (C=O) groups is 1. The summed E-state index contributed by atoms with van der Waals surface area (Å²) in [4.78, 5) is 12.5. The number of amides is 1. The molecule has 1 aromatic rings. The van der Waals surface area contributed by atoms with E-state index in [0.29, 0.717) is 6.04 Å². The zero-order chi connectivity index (χ0) is 14.5. The van der Waals surface area contributed by atoms with E-state index in [9.17, 15) is 4.79 Å². The summed E-state index contributed by atoms with van der Waals surface area (Å²) in [5.41, 5.74) is 1.02. The normalized spacial score (nSPS) is 23.5. The van der Waals surface area contributed by atoms with Gasteiger partial charge in [0.25, 0.3) is 0 Å². The topological polar surface area (TPSA) is 50.4 Å². The number of hydrogen-bond acceptors (Lipinski definition) is 3. The van der Waals surface area contributed by atoms with Gasteiger partial charge >= 0.3 is 0 Å². The minimum atomic E-state index is -0.280. The first-order valence-electron chi connectivity index (χ1n) is 8.03. The molecule has 114 valence electrons. The molecule has 1 heterocycles. The third kappa shape index (κ3) is 4.29. The van der Waals surface area contributed by atoms with Gasteiger partial charge in [-0.1, -0.05) is 30.3 Å². The van der Waals surface area contributed by atoms with E-state index >= 15 is 0 Å². The molecule has 2 N–H and O–H groups in total. The summed E-state index contributed by atoms with van der Waals surface area (Å²) >= 11 is 0. The van der Waals surface area contributed by atoms with Crippen molar-refractivity contribution in [3.63, 3.8) is 0 Å². The third-order valence-corrected chi connectivity index (χ3v) is 4.14. The fourth-order valence-corrected chi connectivity index (χ4v) is 2.74. The highest BCUT2D eigenvalue weighted by Gasteiger charge is 2.28. The minimum absolute atomic E-state index is 0.0829. The number of rotatable bonds is 6. The highest BCUT2D eigenvalue weighted by molar-refractivity contribution is 5.83. The molecule has 0 bridgehead atoms. The highest BCUT2D eigenvalue weighted by atomic mass is 16.5. The Hall–Kier alpha value is -1.39. The molecule has 3 rings (SSSR count). The molecule has 1 amide bonds. The monoisotopic (exact) mass is 288 g/mol. The Bertz CT molecular complexity index is 453. The van der Waals surface area contributed by atoms with Crippen LogP contribution < -0.4 is 10.6 Å². The van der Waals surface area contributed by atoms with E-state index in [1.165, 1.54) is 6.42 Å². The van der Waals surface area contributed by atoms with Crippen molar-refractivity contribution in [1.82, 2.24) is 10.6 Å². The molecule has 1 saturated carbocycles. The average molecular weight is 288 g/mol. The molecule has 1 aliphatic heterocycles. The lowest BCUT2D eigenvalue weighted by Gasteiger charge is -2.26. The van der Waals surface area contributed by atoms with Crippen LogP contribution in [-0.4, -0.2) is 31.2 Å². The SMILES string of the molecule is O=C(NC1CC1)C(NCC1CCCCO1)c1ccccc1. The second-order valence-electron chi connectivity index (χ2n) is 6.02. The molecule has 0 spiro atoms. The molecule has 1 aliphatic carbocycles. The standard InChI is InChI=1S/C17H24N2O2/c20-17(19-14-9-10-14)16(13-6-2-1-3-7-13)18-12-15-8-4-5-11-21-15/h1-3,6-7,14-16,18H,4-5,8-12H2,(H,19,20). The molecule has 4 heteroatoms. The van der Waals surface area contributed by atoms with Gasteiger partial charge in [-0.25, -0.2) is 0 Å². The van der Waals surface area contributed by atoms with Gasteiger partial charge in [-0.05, 0) is 37.7 Å². The van der Waals surface area contributed by atoms with E-state index in [1.54, 1.807) is 0 Å². The van der Waals surface area contributed by atoms with Gasteiger partial charge in [0.05, 0.1) is 6.10 Å². The highest BCUT2D eigenvalue weighted by Crippen LogP contribution is 2.21. The first kappa shape index (κ1) is 14.5. The number of benzene rings is 1. The molecule has 2 fully saturated rings. The molecule has 21 heavy (non-hydrogen) atoms. The Morgan fingerprint density at radius 2 is 2.00 bits per heavy atom. The van der Waals surface area contributed by atoms with Crippen LogP contribution in [0.5, 0.6) is 0 Å². The summed E-state index contributed by atoms with van der Waals surface area (Å²) in [5.74, 6) is 0.0829. The fourth-order valence-electron chi connectivity index (χ4n) is 2.74. The van der Waals surface area contributed by atoms with Crippen LogP contribution in [0, 0.1) is 0 Å². The molecule has 2 aliphatic rings. The number of hydrogen-bond donors (Lipinski definition) is 2. The summed E-state index contributed by atoms with van der Waals surface area (Å²) in [6.45, 7) is 1.58. The maximum absolute atomic E-state index is 12.5. The number of nitrogens with one attached hydrogen (secondary N) is 2. The largest absolute Gasteiger partial charge is 0.377 e. The quantitative estimate of drug-likeness (QED) is 0.843. The summed E-state index contributed by atoms with van der Waals surface area (Å²) in [6, 6.07) is 10.0. The fraction of sp³-hybridized carbons (Fsp3) is 0.588. The predicted octanol–water partition coefficient (Wildman–Crippen LogP) is 2.16. The Labute approximate surface area is 126 Å². The van der Waals surface area contributed by atoms with E-state index in [2.05, 4.69) is 10.6 Å². The van der Waals surface area contributed by atoms with Crippen molar-refractivity contribution in [3.05, 3.63) is 35.9 Å². The van der Waals surface area contributed by atoms with Crippen LogP contribution in [-0.2, 0) is 9.53 Å². The minimum Gasteiger partial charge on any atom is -0.377 e. The smallest absolute Gasteiger partial charge is 0.241 e. The Morgan fingerprint density at radius 3 is 2.67 bits per heavy atom. The molecular weight excluding hydrogens is 264 g/mol. The molecule has 1 aromatic carbocycles. The van der Waals surface area contributed by atoms with Crippen LogP contribution in [0.4, 0.5) is 0 Å². The summed E-state index contributed by atoms with van der Waals surface area (Å²) in [5, 5.41) is 6.50. The Kier molecular flexibility index (Phi) is 4.88. The van der Waals surface area contributed by atoms with Gasteiger partial charge in [-0.15, -0.1) is 0 Å². The van der Waals surface area contributed by atoms with Crippen molar-refractivity contribution in [2.24, 2.45) is 0 Å². The van der Waals surface area contributed by atoms with Crippen LogP contribution in [0.1, 0.15) is 43.7 Å².